The first-order valence-corrected chi connectivity index (χ1v) is 7.11. The van der Waals surface area contributed by atoms with Gasteiger partial charge in [-0.2, -0.15) is 5.10 Å². The molecule has 0 aliphatic heterocycles. The summed E-state index contributed by atoms with van der Waals surface area (Å²) in [5.41, 5.74) is -0.721. The number of aliphatic hydroxyl groups excluding tert-OH is 1. The van der Waals surface area contributed by atoms with Crippen LogP contribution in [0.15, 0.2) is 35.1 Å². The van der Waals surface area contributed by atoms with Crippen LogP contribution in [0.4, 0.5) is 5.69 Å². The van der Waals surface area contributed by atoms with Gasteiger partial charge in [0.25, 0.3) is 11.6 Å². The maximum Gasteiger partial charge on any atom is 0.294 e. The van der Waals surface area contributed by atoms with E-state index in [1.54, 1.807) is 19.9 Å². The predicted octanol–water partition coefficient (Wildman–Crippen LogP) is 0.560. The zero-order chi connectivity index (χ0) is 17.9. The highest BCUT2D eigenvalue weighted by atomic mass is 16.6. The van der Waals surface area contributed by atoms with Gasteiger partial charge in [0, 0.05) is 23.9 Å². The molecule has 0 radical (unpaired) electrons. The highest BCUT2D eigenvalue weighted by molar-refractivity contribution is 5.92. The molecule has 0 saturated heterocycles. The van der Waals surface area contributed by atoms with Crippen LogP contribution in [-0.2, 0) is 0 Å². The van der Waals surface area contributed by atoms with Crippen LogP contribution in [0.5, 0.6) is 0 Å². The first-order valence-electron chi connectivity index (χ1n) is 7.11. The molecule has 1 amide bonds. The number of benzene rings is 1. The molecule has 1 heterocycles. The lowest BCUT2D eigenvalue weighted by molar-refractivity contribution is -0.384. The smallest absolute Gasteiger partial charge is 0.294 e. The van der Waals surface area contributed by atoms with E-state index in [1.807, 2.05) is 0 Å². The minimum Gasteiger partial charge on any atom is -0.394 e. The summed E-state index contributed by atoms with van der Waals surface area (Å²) in [6, 6.07) is 6.51. The number of carbonyl (C=O) groups is 1. The lowest BCUT2D eigenvalue weighted by atomic mass is 10.2. The molecule has 1 unspecified atom stereocenters. The molecule has 0 spiro atoms. The molecule has 24 heavy (non-hydrogen) atoms. The van der Waals surface area contributed by atoms with Crippen LogP contribution in [0.1, 0.15) is 23.1 Å². The Labute approximate surface area is 136 Å². The van der Waals surface area contributed by atoms with Gasteiger partial charge in [0.05, 0.1) is 11.5 Å². The van der Waals surface area contributed by atoms with Crippen LogP contribution in [0.25, 0.3) is 5.69 Å². The summed E-state index contributed by atoms with van der Waals surface area (Å²) < 4.78 is 1.18. The highest BCUT2D eigenvalue weighted by Crippen LogP contribution is 2.22. The minimum absolute atomic E-state index is 0.143. The number of para-hydroxylation sites is 2. The summed E-state index contributed by atoms with van der Waals surface area (Å²) in [7, 11) is 0. The van der Waals surface area contributed by atoms with Gasteiger partial charge in [-0.05, 0) is 19.9 Å². The fourth-order valence-electron chi connectivity index (χ4n) is 2.08. The Morgan fingerprint density at radius 3 is 2.75 bits per heavy atom. The second-order valence-electron chi connectivity index (χ2n) is 5.21. The van der Waals surface area contributed by atoms with Crippen molar-refractivity contribution in [2.75, 3.05) is 6.61 Å². The summed E-state index contributed by atoms with van der Waals surface area (Å²) in [4.78, 5) is 34.7. The van der Waals surface area contributed by atoms with Crippen LogP contribution in [0.3, 0.4) is 0 Å². The number of nitro benzene ring substituents is 1. The normalized spacial score (nSPS) is 11.8. The number of amides is 1. The number of nitrogens with one attached hydrogen (secondary N) is 1. The van der Waals surface area contributed by atoms with Gasteiger partial charge in [0.15, 0.2) is 5.69 Å². The third-order valence-corrected chi connectivity index (χ3v) is 3.28. The van der Waals surface area contributed by atoms with Crippen LogP contribution in [-0.4, -0.2) is 38.4 Å². The number of aryl methyl sites for hydroxylation is 1. The SMILES string of the molecule is Cc1cc(=O)c(C(=O)NC(C)CO)nn1-c1ccccc1[N+](=O)[O-]. The van der Waals surface area contributed by atoms with Gasteiger partial charge < -0.3 is 10.4 Å². The van der Waals surface area contributed by atoms with E-state index in [9.17, 15) is 19.7 Å². The predicted molar refractivity (Wildman–Crippen MR) is 85.2 cm³/mol. The van der Waals surface area contributed by atoms with Crippen molar-refractivity contribution >= 4 is 11.6 Å². The monoisotopic (exact) mass is 332 g/mol. The number of aliphatic hydroxyl groups is 1. The van der Waals surface area contributed by atoms with Crippen molar-refractivity contribution in [2.24, 2.45) is 0 Å². The Balaban J connectivity index is 2.58. The van der Waals surface area contributed by atoms with Gasteiger partial charge in [0.2, 0.25) is 5.43 Å². The molecule has 1 aromatic heterocycles. The summed E-state index contributed by atoms with van der Waals surface area (Å²) in [5, 5.41) is 26.6. The van der Waals surface area contributed by atoms with Gasteiger partial charge in [-0.15, -0.1) is 0 Å². The average molecular weight is 332 g/mol. The summed E-state index contributed by atoms with van der Waals surface area (Å²) in [6.07, 6.45) is 0. The summed E-state index contributed by atoms with van der Waals surface area (Å²) >= 11 is 0. The fraction of sp³-hybridized carbons (Fsp3) is 0.267. The van der Waals surface area contributed by atoms with Crippen molar-refractivity contribution < 1.29 is 14.8 Å². The van der Waals surface area contributed by atoms with E-state index in [-0.39, 0.29) is 18.0 Å². The number of nitrogens with zero attached hydrogens (tertiary/aromatic N) is 3. The Morgan fingerprint density at radius 2 is 2.12 bits per heavy atom. The summed E-state index contributed by atoms with van der Waals surface area (Å²) in [6.45, 7) is 2.83. The van der Waals surface area contributed by atoms with Gasteiger partial charge >= 0.3 is 0 Å². The quantitative estimate of drug-likeness (QED) is 0.608. The van der Waals surface area contributed by atoms with Gasteiger partial charge in [-0.3, -0.25) is 19.7 Å². The number of hydrogen-bond donors (Lipinski definition) is 2. The molecular weight excluding hydrogens is 316 g/mol. The van der Waals surface area contributed by atoms with Crippen molar-refractivity contribution in [3.05, 3.63) is 62.1 Å². The Kier molecular flexibility index (Phi) is 5.05. The van der Waals surface area contributed by atoms with Gasteiger partial charge in [-0.1, -0.05) is 12.1 Å². The van der Waals surface area contributed by atoms with Gasteiger partial charge in [-0.25, -0.2) is 4.68 Å². The fourth-order valence-corrected chi connectivity index (χ4v) is 2.08. The molecule has 0 fully saturated rings. The van der Waals surface area contributed by atoms with E-state index in [0.717, 1.165) is 0 Å². The Morgan fingerprint density at radius 1 is 1.46 bits per heavy atom. The second-order valence-corrected chi connectivity index (χ2v) is 5.21. The summed E-state index contributed by atoms with van der Waals surface area (Å²) in [5.74, 6) is -0.756. The first kappa shape index (κ1) is 17.3. The molecule has 0 aliphatic rings. The van der Waals surface area contributed by atoms with Gasteiger partial charge in [0.1, 0.15) is 5.69 Å². The van der Waals surface area contributed by atoms with Crippen molar-refractivity contribution in [3.8, 4) is 5.69 Å². The van der Waals surface area contributed by atoms with Crippen LogP contribution >= 0.6 is 0 Å². The zero-order valence-electron chi connectivity index (χ0n) is 13.1. The molecule has 9 heteroatoms. The largest absolute Gasteiger partial charge is 0.394 e. The molecule has 1 aromatic carbocycles. The third-order valence-electron chi connectivity index (χ3n) is 3.28. The number of carbonyl (C=O) groups excluding carboxylic acids is 1. The molecule has 0 bridgehead atoms. The number of nitro groups is 1. The van der Waals surface area contributed by atoms with E-state index in [2.05, 4.69) is 10.4 Å². The molecule has 2 N–H and O–H groups in total. The third kappa shape index (κ3) is 3.46. The van der Waals surface area contributed by atoms with E-state index in [1.165, 1.54) is 28.9 Å². The lowest BCUT2D eigenvalue weighted by Gasteiger charge is -2.13. The van der Waals surface area contributed by atoms with Crippen molar-refractivity contribution in [1.82, 2.24) is 15.1 Å². The minimum atomic E-state index is -0.756. The molecule has 0 aliphatic carbocycles. The lowest BCUT2D eigenvalue weighted by Crippen LogP contribution is -2.39. The second kappa shape index (κ2) is 7.01. The maximum atomic E-state index is 12.1. The van der Waals surface area contributed by atoms with Crippen molar-refractivity contribution in [3.63, 3.8) is 0 Å². The maximum absolute atomic E-state index is 12.1. The number of hydrogen-bond acceptors (Lipinski definition) is 6. The Hall–Kier alpha value is -3.07. The molecule has 9 nitrogen and oxygen atoms in total. The van der Waals surface area contributed by atoms with E-state index < -0.39 is 28.0 Å². The van der Waals surface area contributed by atoms with Crippen molar-refractivity contribution in [2.45, 2.75) is 19.9 Å². The first-order chi connectivity index (χ1) is 11.3. The molecule has 2 rings (SSSR count). The van der Waals surface area contributed by atoms with Crippen molar-refractivity contribution in [1.29, 1.82) is 0 Å². The van der Waals surface area contributed by atoms with E-state index in [4.69, 9.17) is 5.11 Å². The van der Waals surface area contributed by atoms with Crippen LogP contribution in [0.2, 0.25) is 0 Å². The molecular formula is C15H16N4O5. The molecule has 2 aromatic rings. The van der Waals surface area contributed by atoms with E-state index in [0.29, 0.717) is 5.69 Å². The highest BCUT2D eigenvalue weighted by Gasteiger charge is 2.20. The number of aromatic nitrogens is 2. The number of rotatable bonds is 5. The molecule has 1 atom stereocenters. The van der Waals surface area contributed by atoms with E-state index >= 15 is 0 Å². The topological polar surface area (TPSA) is 127 Å². The average Bonchev–Trinajstić information content (AvgIpc) is 2.54. The molecule has 126 valence electrons. The zero-order valence-corrected chi connectivity index (χ0v) is 13.1. The standard InChI is InChI=1S/C15H16N4O5/c1-9(8-20)16-15(22)14-13(21)7-10(2)18(17-14)11-5-3-4-6-12(11)19(23)24/h3-7,9,20H,8H2,1-2H3,(H,16,22). The Bertz CT molecular complexity index is 846. The van der Waals surface area contributed by atoms with Crippen LogP contribution in [0, 0.1) is 17.0 Å². The van der Waals surface area contributed by atoms with Crippen LogP contribution < -0.4 is 10.7 Å². The molecule has 0 saturated carbocycles.